The van der Waals surface area contributed by atoms with Gasteiger partial charge in [0.15, 0.2) is 0 Å². The van der Waals surface area contributed by atoms with Gasteiger partial charge < -0.3 is 0 Å². The molecule has 3 rings (SSSR count). The van der Waals surface area contributed by atoms with E-state index in [2.05, 4.69) is 4.72 Å². The van der Waals surface area contributed by atoms with Crippen LogP contribution in [0.5, 0.6) is 0 Å². The summed E-state index contributed by atoms with van der Waals surface area (Å²) in [6.45, 7) is 1.23. The largest absolute Gasteiger partial charge is 0.301 e. The van der Waals surface area contributed by atoms with E-state index in [1.165, 1.54) is 4.31 Å². The van der Waals surface area contributed by atoms with Crippen molar-refractivity contribution in [2.75, 3.05) is 17.8 Å². The molecule has 1 saturated heterocycles. The maximum absolute atomic E-state index is 11.7. The Morgan fingerprint density at radius 2 is 1.71 bits per heavy atom. The van der Waals surface area contributed by atoms with E-state index in [1.54, 1.807) is 6.07 Å². The molecule has 0 radical (unpaired) electrons. The normalized spacial score (nSPS) is 16.0. The average Bonchev–Trinajstić information content (AvgIpc) is 3.12. The van der Waals surface area contributed by atoms with E-state index in [0.717, 1.165) is 10.8 Å². The molecule has 0 amide bonds. The van der Waals surface area contributed by atoms with Gasteiger partial charge in [-0.1, -0.05) is 30.3 Å². The van der Waals surface area contributed by atoms with Crippen molar-refractivity contribution in [3.05, 3.63) is 42.5 Å². The fourth-order valence-corrected chi connectivity index (χ4v) is 2.86. The lowest BCUT2D eigenvalue weighted by Gasteiger charge is -2.08. The van der Waals surface area contributed by atoms with E-state index in [1.807, 2.05) is 36.4 Å². The van der Waals surface area contributed by atoms with Crippen molar-refractivity contribution in [3.63, 3.8) is 0 Å². The highest BCUT2D eigenvalue weighted by Gasteiger charge is 2.31. The zero-order chi connectivity index (χ0) is 11.9. The summed E-state index contributed by atoms with van der Waals surface area (Å²) in [4.78, 5) is 0. The highest BCUT2D eigenvalue weighted by atomic mass is 32.2. The molecule has 1 aliphatic heterocycles. The SMILES string of the molecule is O=S(=O)(Nc1ccc2ccccc2c1)N1CC1. The number of nitrogens with one attached hydrogen (secondary N) is 1. The van der Waals surface area contributed by atoms with Crippen LogP contribution < -0.4 is 4.72 Å². The predicted octanol–water partition coefficient (Wildman–Crippen LogP) is 1.81. The molecule has 2 aromatic carbocycles. The molecule has 4 nitrogen and oxygen atoms in total. The third-order valence-electron chi connectivity index (χ3n) is 2.74. The lowest BCUT2D eigenvalue weighted by atomic mass is 10.1. The van der Waals surface area contributed by atoms with Crippen LogP contribution in [0.2, 0.25) is 0 Å². The first-order valence-corrected chi connectivity index (χ1v) is 6.86. The molecule has 0 bridgehead atoms. The van der Waals surface area contributed by atoms with Crippen molar-refractivity contribution < 1.29 is 8.42 Å². The summed E-state index contributed by atoms with van der Waals surface area (Å²) in [6.07, 6.45) is 0. The van der Waals surface area contributed by atoms with Crippen LogP contribution in [0, 0.1) is 0 Å². The minimum absolute atomic E-state index is 0.607. The smallest absolute Gasteiger partial charge is 0.271 e. The molecule has 17 heavy (non-hydrogen) atoms. The molecule has 0 aromatic heterocycles. The Balaban J connectivity index is 1.95. The maximum Gasteiger partial charge on any atom is 0.301 e. The molecule has 1 aliphatic rings. The summed E-state index contributed by atoms with van der Waals surface area (Å²) < 4.78 is 27.4. The molecular weight excluding hydrogens is 236 g/mol. The standard InChI is InChI=1S/C12H12N2O2S/c15-17(16,14-7-8-14)13-12-6-5-10-3-1-2-4-11(10)9-12/h1-6,9,13H,7-8H2. The molecule has 5 heteroatoms. The number of hydrogen-bond donors (Lipinski definition) is 1. The first-order chi connectivity index (χ1) is 8.15. The van der Waals surface area contributed by atoms with E-state index >= 15 is 0 Å². The molecule has 0 aliphatic carbocycles. The average molecular weight is 248 g/mol. The topological polar surface area (TPSA) is 49.2 Å². The Morgan fingerprint density at radius 1 is 1.00 bits per heavy atom. The summed E-state index contributed by atoms with van der Waals surface area (Å²) in [5, 5.41) is 2.13. The predicted molar refractivity (Wildman–Crippen MR) is 68.1 cm³/mol. The van der Waals surface area contributed by atoms with Gasteiger partial charge in [-0.25, -0.2) is 0 Å². The van der Waals surface area contributed by atoms with Crippen molar-refractivity contribution >= 4 is 26.7 Å². The fraction of sp³-hybridized carbons (Fsp3) is 0.167. The lowest BCUT2D eigenvalue weighted by molar-refractivity contribution is 0.569. The molecular formula is C12H12N2O2S. The number of nitrogens with zero attached hydrogens (tertiary/aromatic N) is 1. The van der Waals surface area contributed by atoms with Crippen LogP contribution in [0.4, 0.5) is 5.69 Å². The Kier molecular flexibility index (Phi) is 2.31. The van der Waals surface area contributed by atoms with Crippen LogP contribution in [0.3, 0.4) is 0 Å². The highest BCUT2D eigenvalue weighted by molar-refractivity contribution is 7.90. The third-order valence-corrected chi connectivity index (χ3v) is 4.28. The summed E-state index contributed by atoms with van der Waals surface area (Å²) in [5.41, 5.74) is 0.607. The van der Waals surface area contributed by atoms with E-state index in [4.69, 9.17) is 0 Å². The van der Waals surface area contributed by atoms with Crippen LogP contribution >= 0.6 is 0 Å². The van der Waals surface area contributed by atoms with Gasteiger partial charge in [-0.2, -0.15) is 12.7 Å². The van der Waals surface area contributed by atoms with Crippen LogP contribution in [0.1, 0.15) is 0 Å². The highest BCUT2D eigenvalue weighted by Crippen LogP contribution is 2.21. The quantitative estimate of drug-likeness (QED) is 0.842. The minimum atomic E-state index is -3.33. The minimum Gasteiger partial charge on any atom is -0.271 e. The second-order valence-electron chi connectivity index (χ2n) is 4.07. The van der Waals surface area contributed by atoms with E-state index in [-0.39, 0.29) is 0 Å². The number of benzene rings is 2. The van der Waals surface area contributed by atoms with Gasteiger partial charge in [-0.15, -0.1) is 0 Å². The first kappa shape index (κ1) is 10.6. The van der Waals surface area contributed by atoms with Gasteiger partial charge in [0.25, 0.3) is 0 Å². The summed E-state index contributed by atoms with van der Waals surface area (Å²) >= 11 is 0. The van der Waals surface area contributed by atoms with Gasteiger partial charge in [0, 0.05) is 13.1 Å². The number of anilines is 1. The Morgan fingerprint density at radius 3 is 2.41 bits per heavy atom. The molecule has 0 spiro atoms. The summed E-state index contributed by atoms with van der Waals surface area (Å²) in [7, 11) is -3.33. The molecule has 0 saturated carbocycles. The Hall–Kier alpha value is -1.59. The van der Waals surface area contributed by atoms with E-state index < -0.39 is 10.2 Å². The van der Waals surface area contributed by atoms with Crippen LogP contribution in [-0.2, 0) is 10.2 Å². The van der Waals surface area contributed by atoms with E-state index in [9.17, 15) is 8.42 Å². The summed E-state index contributed by atoms with van der Waals surface area (Å²) in [5.74, 6) is 0. The van der Waals surface area contributed by atoms with Crippen molar-refractivity contribution in [3.8, 4) is 0 Å². The van der Waals surface area contributed by atoms with E-state index in [0.29, 0.717) is 18.8 Å². The molecule has 1 fully saturated rings. The third kappa shape index (κ3) is 2.11. The van der Waals surface area contributed by atoms with Crippen LogP contribution in [-0.4, -0.2) is 25.8 Å². The molecule has 1 heterocycles. The number of rotatable bonds is 3. The zero-order valence-electron chi connectivity index (χ0n) is 9.13. The van der Waals surface area contributed by atoms with Crippen molar-refractivity contribution in [1.82, 2.24) is 4.31 Å². The maximum atomic E-state index is 11.7. The van der Waals surface area contributed by atoms with Crippen molar-refractivity contribution in [2.45, 2.75) is 0 Å². The number of fused-ring (bicyclic) bond motifs is 1. The zero-order valence-corrected chi connectivity index (χ0v) is 9.94. The van der Waals surface area contributed by atoms with Gasteiger partial charge in [0.05, 0.1) is 5.69 Å². The van der Waals surface area contributed by atoms with Crippen molar-refractivity contribution in [2.24, 2.45) is 0 Å². The Bertz CT molecular complexity index is 663. The van der Waals surface area contributed by atoms with Gasteiger partial charge >= 0.3 is 10.2 Å². The Labute approximate surface area is 100 Å². The molecule has 1 N–H and O–H groups in total. The number of hydrogen-bond acceptors (Lipinski definition) is 2. The van der Waals surface area contributed by atoms with Crippen molar-refractivity contribution in [1.29, 1.82) is 0 Å². The van der Waals surface area contributed by atoms with Gasteiger partial charge in [0.1, 0.15) is 0 Å². The lowest BCUT2D eigenvalue weighted by Crippen LogP contribution is -2.20. The van der Waals surface area contributed by atoms with Gasteiger partial charge in [-0.3, -0.25) is 4.72 Å². The monoisotopic (exact) mass is 248 g/mol. The molecule has 88 valence electrons. The first-order valence-electron chi connectivity index (χ1n) is 5.42. The molecule has 0 atom stereocenters. The molecule has 0 unspecified atom stereocenters. The molecule has 2 aromatic rings. The second-order valence-corrected chi connectivity index (χ2v) is 5.74. The fourth-order valence-electron chi connectivity index (χ4n) is 1.75. The van der Waals surface area contributed by atoms with Gasteiger partial charge in [0.2, 0.25) is 0 Å². The van der Waals surface area contributed by atoms with Gasteiger partial charge in [-0.05, 0) is 22.9 Å². The van der Waals surface area contributed by atoms with Crippen LogP contribution in [0.15, 0.2) is 42.5 Å². The summed E-state index contributed by atoms with van der Waals surface area (Å²) in [6, 6.07) is 13.4. The second kappa shape index (κ2) is 3.72. The van der Waals surface area contributed by atoms with Crippen LogP contribution in [0.25, 0.3) is 10.8 Å².